The first-order valence-electron chi connectivity index (χ1n) is 9.58. The number of ether oxygens (including phenoxy) is 1. The van der Waals surface area contributed by atoms with Crippen LogP contribution in [0, 0.1) is 11.8 Å². The highest BCUT2D eigenvalue weighted by Gasteiger charge is 2.30. The summed E-state index contributed by atoms with van der Waals surface area (Å²) >= 11 is 0. The molecule has 0 aromatic heterocycles. The maximum Gasteiger partial charge on any atom is 0.416 e. The molecular formula is C25H20F3NO2. The largest absolute Gasteiger partial charge is 0.416 e. The number of carbonyl (C=O) groups excluding carboxylic acids is 1. The van der Waals surface area contributed by atoms with Crippen molar-refractivity contribution in [3.63, 3.8) is 0 Å². The Morgan fingerprint density at radius 3 is 2.10 bits per heavy atom. The third-order valence-corrected chi connectivity index (χ3v) is 4.38. The highest BCUT2D eigenvalue weighted by molar-refractivity contribution is 5.77. The highest BCUT2D eigenvalue weighted by atomic mass is 19.4. The molecule has 3 nitrogen and oxygen atoms in total. The van der Waals surface area contributed by atoms with Crippen molar-refractivity contribution in [3.8, 4) is 11.8 Å². The summed E-state index contributed by atoms with van der Waals surface area (Å²) < 4.78 is 44.1. The Bertz CT molecular complexity index is 1020. The molecule has 3 aromatic rings. The van der Waals surface area contributed by atoms with E-state index < -0.39 is 17.8 Å². The number of carbonyl (C=O) groups is 1. The van der Waals surface area contributed by atoms with Crippen LogP contribution in [0.1, 0.15) is 28.4 Å². The van der Waals surface area contributed by atoms with Crippen LogP contribution in [0.15, 0.2) is 84.9 Å². The normalized spacial score (nSPS) is 11.0. The van der Waals surface area contributed by atoms with E-state index in [1.807, 2.05) is 60.7 Å². The average molecular weight is 423 g/mol. The first kappa shape index (κ1) is 22.1. The molecular weight excluding hydrogens is 403 g/mol. The van der Waals surface area contributed by atoms with Crippen molar-refractivity contribution in [1.29, 1.82) is 0 Å². The van der Waals surface area contributed by atoms with Gasteiger partial charge in [-0.2, -0.15) is 13.2 Å². The lowest BCUT2D eigenvalue weighted by atomic mass is 10.0. The lowest BCUT2D eigenvalue weighted by Crippen LogP contribution is -2.28. The Hall–Kier alpha value is -3.56. The van der Waals surface area contributed by atoms with E-state index in [2.05, 4.69) is 17.2 Å². The molecule has 0 aliphatic heterocycles. The second-order valence-corrected chi connectivity index (χ2v) is 6.67. The molecule has 6 heteroatoms. The van der Waals surface area contributed by atoms with Crippen molar-refractivity contribution in [2.45, 2.75) is 12.3 Å². The van der Waals surface area contributed by atoms with Gasteiger partial charge in [-0.3, -0.25) is 4.79 Å². The fourth-order valence-corrected chi connectivity index (χ4v) is 2.91. The minimum atomic E-state index is -4.42. The molecule has 0 fully saturated rings. The zero-order valence-corrected chi connectivity index (χ0v) is 16.5. The first-order valence-corrected chi connectivity index (χ1v) is 9.58. The lowest BCUT2D eigenvalue weighted by molar-refractivity contribution is -0.137. The van der Waals surface area contributed by atoms with Gasteiger partial charge in [-0.05, 0) is 29.3 Å². The molecule has 1 amide bonds. The molecule has 3 rings (SSSR count). The van der Waals surface area contributed by atoms with Crippen LogP contribution in [-0.4, -0.2) is 19.1 Å². The predicted octanol–water partition coefficient (Wildman–Crippen LogP) is 4.98. The molecule has 0 saturated heterocycles. The van der Waals surface area contributed by atoms with Gasteiger partial charge in [0.15, 0.2) is 0 Å². The van der Waals surface area contributed by atoms with E-state index in [-0.39, 0.29) is 24.6 Å². The fourth-order valence-electron chi connectivity index (χ4n) is 2.91. The second kappa shape index (κ2) is 10.5. The quantitative estimate of drug-likeness (QED) is 0.568. The molecule has 0 spiro atoms. The van der Waals surface area contributed by atoms with Crippen LogP contribution in [-0.2, 0) is 15.7 Å². The standard InChI is InChI=1S/C25H20F3NO2/c26-25(27,28)22-15-7-9-19(17-22)10-8-16-29-23(30)18-31-24(20-11-3-1-4-12-20)21-13-5-2-6-14-21/h1-7,9,11-15,17,24H,16,18H2,(H,29,30). The Morgan fingerprint density at radius 2 is 1.52 bits per heavy atom. The molecule has 31 heavy (non-hydrogen) atoms. The van der Waals surface area contributed by atoms with Crippen LogP contribution in [0.3, 0.4) is 0 Å². The van der Waals surface area contributed by atoms with E-state index in [0.29, 0.717) is 0 Å². The maximum absolute atomic E-state index is 12.7. The van der Waals surface area contributed by atoms with E-state index in [1.54, 1.807) is 0 Å². The summed E-state index contributed by atoms with van der Waals surface area (Å²) in [5.41, 5.74) is 1.31. The van der Waals surface area contributed by atoms with Crippen molar-refractivity contribution in [3.05, 3.63) is 107 Å². The fraction of sp³-hybridized carbons (Fsp3) is 0.160. The van der Waals surface area contributed by atoms with Gasteiger partial charge in [0, 0.05) is 5.56 Å². The van der Waals surface area contributed by atoms with Gasteiger partial charge in [-0.1, -0.05) is 78.6 Å². The minimum absolute atomic E-state index is 0.000219. The molecule has 0 heterocycles. The molecule has 3 aromatic carbocycles. The summed E-state index contributed by atoms with van der Waals surface area (Å²) in [6.07, 6.45) is -4.82. The van der Waals surface area contributed by atoms with Crippen LogP contribution in [0.25, 0.3) is 0 Å². The summed E-state index contributed by atoms with van der Waals surface area (Å²) in [5.74, 6) is 4.92. The molecule has 0 saturated carbocycles. The van der Waals surface area contributed by atoms with Gasteiger partial charge in [-0.15, -0.1) is 0 Å². The smallest absolute Gasteiger partial charge is 0.359 e. The summed E-state index contributed by atoms with van der Waals surface area (Å²) in [6, 6.07) is 23.9. The monoisotopic (exact) mass is 423 g/mol. The van der Waals surface area contributed by atoms with Crippen molar-refractivity contribution < 1.29 is 22.7 Å². The number of alkyl halides is 3. The maximum atomic E-state index is 12.7. The Labute approximate surface area is 178 Å². The van der Waals surface area contributed by atoms with Crippen molar-refractivity contribution in [2.75, 3.05) is 13.2 Å². The van der Waals surface area contributed by atoms with Crippen molar-refractivity contribution >= 4 is 5.91 Å². The van der Waals surface area contributed by atoms with Gasteiger partial charge in [0.1, 0.15) is 12.7 Å². The molecule has 0 aliphatic rings. The zero-order chi connectivity index (χ0) is 22.1. The van der Waals surface area contributed by atoms with Gasteiger partial charge in [-0.25, -0.2) is 0 Å². The van der Waals surface area contributed by atoms with E-state index in [0.717, 1.165) is 23.3 Å². The molecule has 0 radical (unpaired) electrons. The van der Waals surface area contributed by atoms with Crippen LogP contribution < -0.4 is 5.32 Å². The zero-order valence-electron chi connectivity index (χ0n) is 16.5. The van der Waals surface area contributed by atoms with Crippen LogP contribution >= 0.6 is 0 Å². The SMILES string of the molecule is O=C(COC(c1ccccc1)c1ccccc1)NCC#Cc1cccc(C(F)(F)F)c1. The van der Waals surface area contributed by atoms with Gasteiger partial charge in [0.25, 0.3) is 0 Å². The number of hydrogen-bond donors (Lipinski definition) is 1. The number of nitrogens with one attached hydrogen (secondary N) is 1. The molecule has 0 bridgehead atoms. The van der Waals surface area contributed by atoms with Crippen LogP contribution in [0.5, 0.6) is 0 Å². The third kappa shape index (κ3) is 6.73. The van der Waals surface area contributed by atoms with E-state index in [9.17, 15) is 18.0 Å². The number of hydrogen-bond acceptors (Lipinski definition) is 2. The molecule has 0 aliphatic carbocycles. The number of halogens is 3. The lowest BCUT2D eigenvalue weighted by Gasteiger charge is -2.18. The van der Waals surface area contributed by atoms with Gasteiger partial charge >= 0.3 is 6.18 Å². The minimum Gasteiger partial charge on any atom is -0.359 e. The Kier molecular flexibility index (Phi) is 7.47. The average Bonchev–Trinajstić information content (AvgIpc) is 2.78. The topological polar surface area (TPSA) is 38.3 Å². The summed E-state index contributed by atoms with van der Waals surface area (Å²) in [5, 5.41) is 2.60. The van der Waals surface area contributed by atoms with Crippen molar-refractivity contribution in [1.82, 2.24) is 5.32 Å². The van der Waals surface area contributed by atoms with Crippen molar-refractivity contribution in [2.24, 2.45) is 0 Å². The van der Waals surface area contributed by atoms with Gasteiger partial charge in [0.2, 0.25) is 5.91 Å². The third-order valence-electron chi connectivity index (χ3n) is 4.38. The van der Waals surface area contributed by atoms with E-state index in [4.69, 9.17) is 4.74 Å². The van der Waals surface area contributed by atoms with Crippen LogP contribution in [0.4, 0.5) is 13.2 Å². The summed E-state index contributed by atoms with van der Waals surface area (Å²) in [7, 11) is 0. The van der Waals surface area contributed by atoms with Gasteiger partial charge < -0.3 is 10.1 Å². The highest BCUT2D eigenvalue weighted by Crippen LogP contribution is 2.29. The number of amides is 1. The van der Waals surface area contributed by atoms with E-state index in [1.165, 1.54) is 12.1 Å². The number of benzene rings is 3. The number of rotatable bonds is 6. The second-order valence-electron chi connectivity index (χ2n) is 6.67. The van der Waals surface area contributed by atoms with Gasteiger partial charge in [0.05, 0.1) is 12.1 Å². The summed E-state index contributed by atoms with van der Waals surface area (Å²) in [6.45, 7) is -0.181. The molecule has 0 unspecified atom stereocenters. The molecule has 0 atom stereocenters. The summed E-state index contributed by atoms with van der Waals surface area (Å²) in [4.78, 5) is 12.2. The Morgan fingerprint density at radius 1 is 0.903 bits per heavy atom. The Balaban J connectivity index is 1.56. The molecule has 158 valence electrons. The molecule has 1 N–H and O–H groups in total. The predicted molar refractivity (Wildman–Crippen MR) is 112 cm³/mol. The van der Waals surface area contributed by atoms with Crippen LogP contribution in [0.2, 0.25) is 0 Å². The van der Waals surface area contributed by atoms with E-state index >= 15 is 0 Å². The first-order chi connectivity index (χ1) is 14.9.